The molecule has 0 amide bonds. The van der Waals surface area contributed by atoms with Crippen molar-refractivity contribution < 1.29 is 9.90 Å². The number of aliphatic carboxylic acids is 1. The molecule has 2 aromatic rings. The number of hydrogen-bond acceptors (Lipinski definition) is 3. The van der Waals surface area contributed by atoms with Gasteiger partial charge in [0.05, 0.1) is 5.52 Å². The number of carboxylic acid groups (broad SMARTS) is 1. The summed E-state index contributed by atoms with van der Waals surface area (Å²) in [7, 11) is 0. The van der Waals surface area contributed by atoms with Gasteiger partial charge in [-0.1, -0.05) is 18.2 Å². The van der Waals surface area contributed by atoms with Crippen LogP contribution in [0.2, 0.25) is 0 Å². The molecule has 19 heavy (non-hydrogen) atoms. The van der Waals surface area contributed by atoms with E-state index in [0.29, 0.717) is 0 Å². The molecule has 1 saturated carbocycles. The Morgan fingerprint density at radius 2 is 2.16 bits per heavy atom. The third-order valence-corrected chi connectivity index (χ3v) is 3.51. The fraction of sp³-hybridized carbons (Fsp3) is 0.333. The Bertz CT molecular complexity index is 635. The van der Waals surface area contributed by atoms with Gasteiger partial charge in [0.1, 0.15) is 6.04 Å². The van der Waals surface area contributed by atoms with Gasteiger partial charge in [-0.05, 0) is 37.8 Å². The fourth-order valence-electron chi connectivity index (χ4n) is 2.41. The van der Waals surface area contributed by atoms with E-state index in [-0.39, 0.29) is 5.92 Å². The predicted octanol–water partition coefficient (Wildman–Crippen LogP) is 2.82. The van der Waals surface area contributed by atoms with Crippen molar-refractivity contribution in [1.82, 2.24) is 4.98 Å². The Kier molecular flexibility index (Phi) is 2.85. The Balaban J connectivity index is 2.01. The van der Waals surface area contributed by atoms with Crippen molar-refractivity contribution in [3.63, 3.8) is 0 Å². The monoisotopic (exact) mass is 256 g/mol. The molecule has 98 valence electrons. The van der Waals surface area contributed by atoms with Gasteiger partial charge >= 0.3 is 5.97 Å². The SMILES string of the molecule is Cc1cc(NC(C(=O)O)C2CC2)c2ccccc2n1. The van der Waals surface area contributed by atoms with Crippen LogP contribution in [0.4, 0.5) is 5.69 Å². The topological polar surface area (TPSA) is 62.2 Å². The van der Waals surface area contributed by atoms with E-state index < -0.39 is 12.0 Å². The normalized spacial score (nSPS) is 16.3. The Morgan fingerprint density at radius 1 is 1.42 bits per heavy atom. The standard InChI is InChI=1S/C15H16N2O2/c1-9-8-13(11-4-2-3-5-12(11)16-9)17-14(15(18)19)10-6-7-10/h2-5,8,10,14H,6-7H2,1H3,(H,16,17)(H,18,19). The highest BCUT2D eigenvalue weighted by Crippen LogP contribution is 2.35. The van der Waals surface area contributed by atoms with Crippen molar-refractivity contribution in [3.8, 4) is 0 Å². The van der Waals surface area contributed by atoms with Crippen molar-refractivity contribution in [1.29, 1.82) is 0 Å². The first-order chi connectivity index (χ1) is 9.15. The van der Waals surface area contributed by atoms with Gasteiger partial charge in [0.15, 0.2) is 0 Å². The molecular weight excluding hydrogens is 240 g/mol. The molecule has 1 aromatic carbocycles. The minimum Gasteiger partial charge on any atom is -0.480 e. The molecule has 1 aliphatic rings. The van der Waals surface area contributed by atoms with E-state index in [2.05, 4.69) is 10.3 Å². The minimum absolute atomic E-state index is 0.254. The van der Waals surface area contributed by atoms with Crippen molar-refractivity contribution in [2.24, 2.45) is 5.92 Å². The lowest BCUT2D eigenvalue weighted by atomic mass is 10.1. The van der Waals surface area contributed by atoms with E-state index in [1.807, 2.05) is 37.3 Å². The summed E-state index contributed by atoms with van der Waals surface area (Å²) in [5, 5.41) is 13.5. The molecule has 0 bridgehead atoms. The number of fused-ring (bicyclic) bond motifs is 1. The summed E-state index contributed by atoms with van der Waals surface area (Å²) in [6.45, 7) is 1.92. The number of aromatic nitrogens is 1. The molecule has 0 spiro atoms. The molecule has 0 saturated heterocycles. The number of pyridine rings is 1. The first-order valence-corrected chi connectivity index (χ1v) is 6.51. The van der Waals surface area contributed by atoms with Crippen LogP contribution in [-0.2, 0) is 4.79 Å². The van der Waals surface area contributed by atoms with E-state index in [0.717, 1.165) is 35.1 Å². The third kappa shape index (κ3) is 2.38. The first kappa shape index (κ1) is 12.0. The minimum atomic E-state index is -0.777. The number of benzene rings is 1. The van der Waals surface area contributed by atoms with E-state index in [4.69, 9.17) is 0 Å². The maximum absolute atomic E-state index is 11.3. The molecule has 1 aliphatic carbocycles. The van der Waals surface area contributed by atoms with Gasteiger partial charge in [0.25, 0.3) is 0 Å². The van der Waals surface area contributed by atoms with Gasteiger partial charge in [0.2, 0.25) is 0 Å². The van der Waals surface area contributed by atoms with Gasteiger partial charge in [-0.3, -0.25) is 4.98 Å². The number of carboxylic acids is 1. The summed E-state index contributed by atoms with van der Waals surface area (Å²) in [6.07, 6.45) is 1.98. The number of rotatable bonds is 4. The number of nitrogens with zero attached hydrogens (tertiary/aromatic N) is 1. The van der Waals surface area contributed by atoms with Crippen LogP contribution in [0.3, 0.4) is 0 Å². The zero-order valence-electron chi connectivity index (χ0n) is 10.8. The maximum Gasteiger partial charge on any atom is 0.326 e. The van der Waals surface area contributed by atoms with Crippen LogP contribution in [0, 0.1) is 12.8 Å². The van der Waals surface area contributed by atoms with Crippen molar-refractivity contribution in [3.05, 3.63) is 36.0 Å². The smallest absolute Gasteiger partial charge is 0.326 e. The lowest BCUT2D eigenvalue weighted by Crippen LogP contribution is -2.31. The molecule has 4 nitrogen and oxygen atoms in total. The molecule has 1 aromatic heterocycles. The number of nitrogens with one attached hydrogen (secondary N) is 1. The number of hydrogen-bond donors (Lipinski definition) is 2. The molecule has 1 atom stereocenters. The highest BCUT2D eigenvalue weighted by molar-refractivity contribution is 5.93. The molecule has 1 unspecified atom stereocenters. The Labute approximate surface area is 111 Å². The van der Waals surface area contributed by atoms with Crippen LogP contribution in [0.25, 0.3) is 10.9 Å². The second kappa shape index (κ2) is 4.53. The predicted molar refractivity (Wildman–Crippen MR) is 74.3 cm³/mol. The number of aryl methyl sites for hydroxylation is 1. The Hall–Kier alpha value is -2.10. The van der Waals surface area contributed by atoms with Crippen LogP contribution >= 0.6 is 0 Å². The molecule has 4 heteroatoms. The van der Waals surface area contributed by atoms with E-state index >= 15 is 0 Å². The maximum atomic E-state index is 11.3. The quantitative estimate of drug-likeness (QED) is 0.883. The highest BCUT2D eigenvalue weighted by Gasteiger charge is 2.36. The molecule has 1 fully saturated rings. The molecule has 0 radical (unpaired) electrons. The van der Waals surface area contributed by atoms with Gasteiger partial charge in [-0.15, -0.1) is 0 Å². The first-order valence-electron chi connectivity index (χ1n) is 6.51. The lowest BCUT2D eigenvalue weighted by Gasteiger charge is -2.17. The summed E-state index contributed by atoms with van der Waals surface area (Å²) in [4.78, 5) is 15.8. The van der Waals surface area contributed by atoms with Crippen LogP contribution in [0.1, 0.15) is 18.5 Å². The summed E-state index contributed by atoms with van der Waals surface area (Å²) in [5.74, 6) is -0.522. The molecular formula is C15H16N2O2. The van der Waals surface area contributed by atoms with E-state index in [9.17, 15) is 9.90 Å². The number of anilines is 1. The van der Waals surface area contributed by atoms with Crippen LogP contribution in [0.5, 0.6) is 0 Å². The molecule has 2 N–H and O–H groups in total. The van der Waals surface area contributed by atoms with Gasteiger partial charge in [-0.2, -0.15) is 0 Å². The van der Waals surface area contributed by atoms with E-state index in [1.165, 1.54) is 0 Å². The van der Waals surface area contributed by atoms with Crippen molar-refractivity contribution in [2.45, 2.75) is 25.8 Å². The van der Waals surface area contributed by atoms with Crippen LogP contribution in [-0.4, -0.2) is 22.1 Å². The largest absolute Gasteiger partial charge is 0.480 e. The summed E-state index contributed by atoms with van der Waals surface area (Å²) < 4.78 is 0. The van der Waals surface area contributed by atoms with Gasteiger partial charge in [0, 0.05) is 16.8 Å². The average molecular weight is 256 g/mol. The van der Waals surface area contributed by atoms with E-state index in [1.54, 1.807) is 0 Å². The fourth-order valence-corrected chi connectivity index (χ4v) is 2.41. The molecule has 1 heterocycles. The third-order valence-electron chi connectivity index (χ3n) is 3.51. The Morgan fingerprint density at radius 3 is 2.84 bits per heavy atom. The number of carbonyl (C=O) groups is 1. The summed E-state index contributed by atoms with van der Waals surface area (Å²) in [6, 6.07) is 9.22. The van der Waals surface area contributed by atoms with Crippen LogP contribution in [0.15, 0.2) is 30.3 Å². The second-order valence-electron chi connectivity index (χ2n) is 5.13. The second-order valence-corrected chi connectivity index (χ2v) is 5.13. The number of para-hydroxylation sites is 1. The van der Waals surface area contributed by atoms with Crippen molar-refractivity contribution >= 4 is 22.6 Å². The van der Waals surface area contributed by atoms with Gasteiger partial charge in [-0.25, -0.2) is 4.79 Å². The molecule has 3 rings (SSSR count). The zero-order chi connectivity index (χ0) is 13.4. The van der Waals surface area contributed by atoms with Gasteiger partial charge < -0.3 is 10.4 Å². The average Bonchev–Trinajstić information content (AvgIpc) is 3.19. The molecule has 0 aliphatic heterocycles. The van der Waals surface area contributed by atoms with Crippen LogP contribution < -0.4 is 5.32 Å². The summed E-state index contributed by atoms with van der Waals surface area (Å²) in [5.41, 5.74) is 2.65. The highest BCUT2D eigenvalue weighted by atomic mass is 16.4. The van der Waals surface area contributed by atoms with Crippen molar-refractivity contribution in [2.75, 3.05) is 5.32 Å². The lowest BCUT2D eigenvalue weighted by molar-refractivity contribution is -0.138. The summed E-state index contributed by atoms with van der Waals surface area (Å²) >= 11 is 0. The zero-order valence-corrected chi connectivity index (χ0v) is 10.8.